The van der Waals surface area contributed by atoms with E-state index in [0.717, 1.165) is 32.5 Å². The van der Waals surface area contributed by atoms with Crippen LogP contribution < -0.4 is 0 Å². The molecule has 1 aromatic carbocycles. The molecule has 0 aliphatic carbocycles. The molecule has 0 spiro atoms. The highest BCUT2D eigenvalue weighted by Gasteiger charge is 2.08. The van der Waals surface area contributed by atoms with Crippen molar-refractivity contribution in [2.75, 3.05) is 0 Å². The van der Waals surface area contributed by atoms with E-state index in [0.29, 0.717) is 0 Å². The molecule has 0 saturated heterocycles. The molecule has 0 saturated carbocycles. The summed E-state index contributed by atoms with van der Waals surface area (Å²) in [6, 6.07) is 10.2. The van der Waals surface area contributed by atoms with E-state index >= 15 is 0 Å². The first-order valence-corrected chi connectivity index (χ1v) is 6.56. The Morgan fingerprint density at radius 2 is 2.11 bits per heavy atom. The summed E-state index contributed by atoms with van der Waals surface area (Å²) in [7, 11) is 0. The maximum Gasteiger partial charge on any atom is 0.160 e. The fourth-order valence-electron chi connectivity index (χ4n) is 2.18. The summed E-state index contributed by atoms with van der Waals surface area (Å²) in [5, 5.41) is 3.20. The quantitative estimate of drug-likeness (QED) is 0.558. The van der Waals surface area contributed by atoms with E-state index in [1.807, 2.05) is 29.9 Å². The molecule has 0 radical (unpaired) electrons. The Labute approximate surface area is 107 Å². The average molecular weight is 251 g/mol. The van der Waals surface area contributed by atoms with Crippen LogP contribution in [0.4, 0.5) is 0 Å². The molecule has 0 atom stereocenters. The number of rotatable bonds is 1. The molecule has 3 nitrogen and oxygen atoms in total. The topological polar surface area (TPSA) is 41.6 Å². The smallest absolute Gasteiger partial charge is 0.160 e. The zero-order chi connectivity index (χ0) is 11.9. The van der Waals surface area contributed by atoms with E-state index in [-0.39, 0.29) is 0 Å². The Morgan fingerprint density at radius 1 is 1.11 bits per heavy atom. The van der Waals surface area contributed by atoms with Crippen LogP contribution in [-0.2, 0) is 0 Å². The lowest BCUT2D eigenvalue weighted by Gasteiger charge is -2.01. The molecule has 0 bridgehead atoms. The maximum absolute atomic E-state index is 4.62. The molecule has 1 N–H and O–H groups in total. The molecule has 3 aromatic heterocycles. The molecule has 0 aliphatic rings. The lowest BCUT2D eigenvalue weighted by molar-refractivity contribution is 1.24. The molecule has 0 amide bonds. The molecule has 0 fully saturated rings. The number of aromatic amines is 1. The van der Waals surface area contributed by atoms with Gasteiger partial charge in [-0.3, -0.25) is 0 Å². The number of fused-ring (bicyclic) bond motifs is 2. The molecule has 4 heteroatoms. The predicted molar refractivity (Wildman–Crippen MR) is 74.7 cm³/mol. The number of nitrogens with one attached hydrogen (secondary N) is 1. The zero-order valence-corrected chi connectivity index (χ0v) is 10.2. The Kier molecular flexibility index (Phi) is 1.98. The van der Waals surface area contributed by atoms with Gasteiger partial charge in [-0.25, -0.2) is 9.97 Å². The van der Waals surface area contributed by atoms with Crippen LogP contribution in [0, 0.1) is 0 Å². The summed E-state index contributed by atoms with van der Waals surface area (Å²) in [4.78, 5) is 12.3. The van der Waals surface area contributed by atoms with Crippen LogP contribution in [0.3, 0.4) is 0 Å². The summed E-state index contributed by atoms with van der Waals surface area (Å²) in [5.41, 5.74) is 3.20. The molecule has 86 valence electrons. The van der Waals surface area contributed by atoms with Gasteiger partial charge in [-0.05, 0) is 23.6 Å². The van der Waals surface area contributed by atoms with E-state index in [4.69, 9.17) is 0 Å². The van der Waals surface area contributed by atoms with Gasteiger partial charge < -0.3 is 4.98 Å². The molecule has 0 unspecified atom stereocenters. The molecular weight excluding hydrogens is 242 g/mol. The van der Waals surface area contributed by atoms with Crippen LogP contribution >= 0.6 is 11.3 Å². The van der Waals surface area contributed by atoms with Gasteiger partial charge in [0.1, 0.15) is 0 Å². The SMILES string of the molecule is c1cc(-c2ncc3sccc3n2)c2cc[nH]c2c1. The monoisotopic (exact) mass is 251 g/mol. The summed E-state index contributed by atoms with van der Waals surface area (Å²) in [6.07, 6.45) is 3.84. The lowest BCUT2D eigenvalue weighted by atomic mass is 10.1. The van der Waals surface area contributed by atoms with Gasteiger partial charge in [-0.1, -0.05) is 12.1 Å². The average Bonchev–Trinajstić information content (AvgIpc) is 3.05. The first-order chi connectivity index (χ1) is 8.92. The van der Waals surface area contributed by atoms with Gasteiger partial charge in [-0.2, -0.15) is 0 Å². The van der Waals surface area contributed by atoms with Gasteiger partial charge in [0.25, 0.3) is 0 Å². The van der Waals surface area contributed by atoms with Crippen LogP contribution in [0.5, 0.6) is 0 Å². The summed E-state index contributed by atoms with van der Waals surface area (Å²) in [6.45, 7) is 0. The largest absolute Gasteiger partial charge is 0.361 e. The lowest BCUT2D eigenvalue weighted by Crippen LogP contribution is -1.88. The minimum Gasteiger partial charge on any atom is -0.361 e. The van der Waals surface area contributed by atoms with Crippen LogP contribution in [0.25, 0.3) is 32.5 Å². The second kappa shape index (κ2) is 3.65. The van der Waals surface area contributed by atoms with E-state index in [1.165, 1.54) is 0 Å². The fourth-order valence-corrected chi connectivity index (χ4v) is 2.87. The number of H-pyrrole nitrogens is 1. The second-order valence-corrected chi connectivity index (χ2v) is 5.06. The van der Waals surface area contributed by atoms with E-state index in [2.05, 4.69) is 33.2 Å². The number of hydrogen-bond acceptors (Lipinski definition) is 3. The molecule has 18 heavy (non-hydrogen) atoms. The van der Waals surface area contributed by atoms with E-state index in [9.17, 15) is 0 Å². The number of hydrogen-bond donors (Lipinski definition) is 1. The van der Waals surface area contributed by atoms with Crippen molar-refractivity contribution in [3.8, 4) is 11.4 Å². The summed E-state index contributed by atoms with van der Waals surface area (Å²) in [5.74, 6) is 0.783. The van der Waals surface area contributed by atoms with Gasteiger partial charge in [0.2, 0.25) is 0 Å². The van der Waals surface area contributed by atoms with Crippen molar-refractivity contribution in [2.24, 2.45) is 0 Å². The van der Waals surface area contributed by atoms with Gasteiger partial charge in [0.05, 0.1) is 10.2 Å². The highest BCUT2D eigenvalue weighted by atomic mass is 32.1. The van der Waals surface area contributed by atoms with Crippen molar-refractivity contribution in [1.82, 2.24) is 15.0 Å². The molecule has 3 heterocycles. The Balaban J connectivity index is 2.03. The standard InChI is InChI=1S/C14H9N3S/c1-2-10(9-4-6-15-11(9)3-1)14-16-8-13-12(17-14)5-7-18-13/h1-8,15H. The third kappa shape index (κ3) is 1.36. The van der Waals surface area contributed by atoms with Crippen molar-refractivity contribution in [3.05, 3.63) is 48.1 Å². The van der Waals surface area contributed by atoms with Crippen molar-refractivity contribution >= 4 is 32.5 Å². The number of benzene rings is 1. The molecule has 0 aliphatic heterocycles. The zero-order valence-electron chi connectivity index (χ0n) is 9.42. The molecule has 4 rings (SSSR count). The van der Waals surface area contributed by atoms with Gasteiger partial charge in [0.15, 0.2) is 5.82 Å². The van der Waals surface area contributed by atoms with Crippen LogP contribution in [0.1, 0.15) is 0 Å². The van der Waals surface area contributed by atoms with Crippen molar-refractivity contribution in [2.45, 2.75) is 0 Å². The van der Waals surface area contributed by atoms with E-state index < -0.39 is 0 Å². The minimum absolute atomic E-state index is 0.783. The highest BCUT2D eigenvalue weighted by molar-refractivity contribution is 7.17. The molecule has 4 aromatic rings. The van der Waals surface area contributed by atoms with Gasteiger partial charge in [0, 0.05) is 28.9 Å². The van der Waals surface area contributed by atoms with Crippen LogP contribution in [0.15, 0.2) is 48.1 Å². The van der Waals surface area contributed by atoms with Crippen LogP contribution in [0.2, 0.25) is 0 Å². The third-order valence-corrected chi connectivity index (χ3v) is 3.88. The number of nitrogens with zero attached hydrogens (tertiary/aromatic N) is 2. The Hall–Kier alpha value is -2.20. The van der Waals surface area contributed by atoms with Gasteiger partial charge >= 0.3 is 0 Å². The van der Waals surface area contributed by atoms with Crippen molar-refractivity contribution in [3.63, 3.8) is 0 Å². The van der Waals surface area contributed by atoms with Crippen molar-refractivity contribution < 1.29 is 0 Å². The number of aromatic nitrogens is 3. The Morgan fingerprint density at radius 3 is 3.11 bits per heavy atom. The first kappa shape index (κ1) is 9.79. The minimum atomic E-state index is 0.783. The fraction of sp³-hybridized carbons (Fsp3) is 0. The third-order valence-electron chi connectivity index (χ3n) is 3.04. The first-order valence-electron chi connectivity index (χ1n) is 5.68. The number of thiophene rings is 1. The Bertz CT molecular complexity index is 844. The summed E-state index contributed by atoms with van der Waals surface area (Å²) >= 11 is 1.67. The highest BCUT2D eigenvalue weighted by Crippen LogP contribution is 2.27. The second-order valence-electron chi connectivity index (χ2n) is 4.11. The molecular formula is C14H9N3S. The van der Waals surface area contributed by atoms with Crippen LogP contribution in [-0.4, -0.2) is 15.0 Å². The predicted octanol–water partition coefficient (Wildman–Crippen LogP) is 3.84. The maximum atomic E-state index is 4.62. The van der Waals surface area contributed by atoms with E-state index in [1.54, 1.807) is 11.3 Å². The van der Waals surface area contributed by atoms with Gasteiger partial charge in [-0.15, -0.1) is 11.3 Å². The van der Waals surface area contributed by atoms with Crippen molar-refractivity contribution in [1.29, 1.82) is 0 Å². The summed E-state index contributed by atoms with van der Waals surface area (Å²) < 4.78 is 1.12. The normalized spacial score (nSPS) is 11.3.